The molecular weight excluding hydrogens is 338 g/mol. The van der Waals surface area contributed by atoms with Crippen molar-refractivity contribution in [2.24, 2.45) is 13.0 Å². The average molecular weight is 363 g/mol. The Hall–Kier alpha value is -2.76. The summed E-state index contributed by atoms with van der Waals surface area (Å²) in [5.41, 5.74) is 4.73. The third-order valence-corrected chi connectivity index (χ3v) is 5.58. The lowest BCUT2D eigenvalue weighted by Crippen LogP contribution is -2.40. The van der Waals surface area contributed by atoms with Gasteiger partial charge < -0.3 is 4.90 Å². The first kappa shape index (κ1) is 17.6. The molecule has 0 bridgehead atoms. The number of rotatable bonds is 4. The summed E-state index contributed by atoms with van der Waals surface area (Å²) < 4.78 is 1.62. The smallest absolute Gasteiger partial charge is 0.255 e. The van der Waals surface area contributed by atoms with Crippen LogP contribution in [-0.2, 0) is 13.5 Å². The molecule has 0 radical (unpaired) electrons. The summed E-state index contributed by atoms with van der Waals surface area (Å²) in [4.78, 5) is 19.3. The first-order valence-electron chi connectivity index (χ1n) is 9.61. The zero-order chi connectivity index (χ0) is 18.8. The molecule has 3 aromatic rings. The Kier molecular flexibility index (Phi) is 4.88. The topological polar surface area (TPSA) is 63.9 Å². The maximum atomic E-state index is 13.0. The fraction of sp³-hybridized carbons (Fsp3) is 0.429. The SMILES string of the molecule is Cc1ccccc1CCC1CCCN(C(=O)c2cnc3c(c2)nnn3C)C1. The predicted octanol–water partition coefficient (Wildman–Crippen LogP) is 3.16. The van der Waals surface area contributed by atoms with Crippen LogP contribution in [-0.4, -0.2) is 43.9 Å². The molecule has 1 unspecified atom stereocenters. The minimum atomic E-state index is 0.0515. The summed E-state index contributed by atoms with van der Waals surface area (Å²) in [5, 5.41) is 8.03. The number of hydrogen-bond donors (Lipinski definition) is 0. The molecule has 140 valence electrons. The molecule has 1 aliphatic rings. The van der Waals surface area contributed by atoms with Crippen LogP contribution >= 0.6 is 0 Å². The van der Waals surface area contributed by atoms with Gasteiger partial charge >= 0.3 is 0 Å². The highest BCUT2D eigenvalue weighted by molar-refractivity contribution is 5.96. The van der Waals surface area contributed by atoms with Crippen LogP contribution in [0.15, 0.2) is 36.5 Å². The lowest BCUT2D eigenvalue weighted by atomic mass is 9.90. The van der Waals surface area contributed by atoms with E-state index < -0.39 is 0 Å². The monoisotopic (exact) mass is 363 g/mol. The number of benzene rings is 1. The third kappa shape index (κ3) is 3.70. The number of amides is 1. The second-order valence-corrected chi connectivity index (χ2v) is 7.50. The normalized spacial score (nSPS) is 17.4. The molecule has 6 nitrogen and oxygen atoms in total. The minimum Gasteiger partial charge on any atom is -0.338 e. The lowest BCUT2D eigenvalue weighted by molar-refractivity contribution is 0.0668. The van der Waals surface area contributed by atoms with E-state index in [9.17, 15) is 4.79 Å². The first-order chi connectivity index (χ1) is 13.1. The molecule has 6 heteroatoms. The Morgan fingerprint density at radius 2 is 2.15 bits per heavy atom. The van der Waals surface area contributed by atoms with Crippen molar-refractivity contribution >= 4 is 17.1 Å². The van der Waals surface area contributed by atoms with E-state index >= 15 is 0 Å². The molecule has 0 N–H and O–H groups in total. The van der Waals surface area contributed by atoms with Gasteiger partial charge in [-0.3, -0.25) is 4.79 Å². The highest BCUT2D eigenvalue weighted by Gasteiger charge is 2.25. The van der Waals surface area contributed by atoms with Crippen LogP contribution in [0.2, 0.25) is 0 Å². The molecule has 1 aromatic carbocycles. The number of carbonyl (C=O) groups excluding carboxylic acids is 1. The second-order valence-electron chi connectivity index (χ2n) is 7.50. The molecule has 2 aromatic heterocycles. The van der Waals surface area contributed by atoms with Crippen LogP contribution in [0.3, 0.4) is 0 Å². The van der Waals surface area contributed by atoms with Crippen molar-refractivity contribution in [2.75, 3.05) is 13.1 Å². The van der Waals surface area contributed by atoms with Crippen LogP contribution in [0, 0.1) is 12.8 Å². The van der Waals surface area contributed by atoms with Crippen molar-refractivity contribution in [1.82, 2.24) is 24.9 Å². The van der Waals surface area contributed by atoms with Gasteiger partial charge in [-0.1, -0.05) is 29.5 Å². The van der Waals surface area contributed by atoms with Gasteiger partial charge in [0.1, 0.15) is 5.52 Å². The number of fused-ring (bicyclic) bond motifs is 1. The molecular formula is C21H25N5O. The quantitative estimate of drug-likeness (QED) is 0.714. The molecule has 0 aliphatic carbocycles. The molecule has 1 fully saturated rings. The largest absolute Gasteiger partial charge is 0.338 e. The van der Waals surface area contributed by atoms with E-state index in [1.54, 1.807) is 24.0 Å². The van der Waals surface area contributed by atoms with Gasteiger partial charge in [0.05, 0.1) is 5.56 Å². The Morgan fingerprint density at radius 3 is 3.00 bits per heavy atom. The highest BCUT2D eigenvalue weighted by Crippen LogP contribution is 2.24. The molecule has 1 atom stereocenters. The van der Waals surface area contributed by atoms with Crippen molar-refractivity contribution in [3.05, 3.63) is 53.2 Å². The Balaban J connectivity index is 1.42. The average Bonchev–Trinajstić information content (AvgIpc) is 3.07. The number of aromatic nitrogens is 4. The van der Waals surface area contributed by atoms with Crippen LogP contribution in [0.4, 0.5) is 0 Å². The summed E-state index contributed by atoms with van der Waals surface area (Å²) in [5.74, 6) is 0.603. The van der Waals surface area contributed by atoms with Gasteiger partial charge in [0.15, 0.2) is 5.65 Å². The van der Waals surface area contributed by atoms with Crippen molar-refractivity contribution in [3.63, 3.8) is 0 Å². The summed E-state index contributed by atoms with van der Waals surface area (Å²) in [6, 6.07) is 10.4. The number of hydrogen-bond acceptors (Lipinski definition) is 4. The number of piperidine rings is 1. The van der Waals surface area contributed by atoms with E-state index in [1.165, 1.54) is 17.5 Å². The number of pyridine rings is 1. The van der Waals surface area contributed by atoms with E-state index in [4.69, 9.17) is 0 Å². The molecule has 0 saturated carbocycles. The number of carbonyl (C=O) groups is 1. The molecule has 3 heterocycles. The number of nitrogens with zero attached hydrogens (tertiary/aromatic N) is 5. The summed E-state index contributed by atoms with van der Waals surface area (Å²) >= 11 is 0. The summed E-state index contributed by atoms with van der Waals surface area (Å²) in [6.07, 6.45) is 6.09. The lowest BCUT2D eigenvalue weighted by Gasteiger charge is -2.33. The predicted molar refractivity (Wildman–Crippen MR) is 104 cm³/mol. The van der Waals surface area contributed by atoms with E-state index in [0.29, 0.717) is 22.6 Å². The van der Waals surface area contributed by atoms with Crippen molar-refractivity contribution < 1.29 is 4.79 Å². The fourth-order valence-electron chi connectivity index (χ4n) is 3.96. The zero-order valence-corrected chi connectivity index (χ0v) is 15.9. The number of aryl methyl sites for hydroxylation is 3. The van der Waals surface area contributed by atoms with E-state index in [-0.39, 0.29) is 5.91 Å². The molecule has 1 aliphatic heterocycles. The van der Waals surface area contributed by atoms with E-state index in [1.807, 2.05) is 4.90 Å². The van der Waals surface area contributed by atoms with Gasteiger partial charge in [-0.25, -0.2) is 9.67 Å². The standard InChI is InChI=1S/C21H25N5O/c1-15-6-3-4-8-17(15)10-9-16-7-5-11-26(14-16)21(27)18-12-19-20(22-13-18)25(2)24-23-19/h3-4,6,8,12-13,16H,5,7,9-11,14H2,1-2H3. The summed E-state index contributed by atoms with van der Waals surface area (Å²) in [7, 11) is 1.80. The van der Waals surface area contributed by atoms with Crippen molar-refractivity contribution in [1.29, 1.82) is 0 Å². The van der Waals surface area contributed by atoms with Gasteiger partial charge in [0.2, 0.25) is 0 Å². The van der Waals surface area contributed by atoms with Gasteiger partial charge in [-0.2, -0.15) is 0 Å². The van der Waals surface area contributed by atoms with Crippen LogP contribution < -0.4 is 0 Å². The first-order valence-corrected chi connectivity index (χ1v) is 9.61. The van der Waals surface area contributed by atoms with E-state index in [0.717, 1.165) is 32.4 Å². The van der Waals surface area contributed by atoms with Gasteiger partial charge in [-0.15, -0.1) is 5.10 Å². The maximum Gasteiger partial charge on any atom is 0.255 e. The molecule has 1 saturated heterocycles. The molecule has 4 rings (SSSR count). The Bertz CT molecular complexity index is 964. The Morgan fingerprint density at radius 1 is 1.30 bits per heavy atom. The minimum absolute atomic E-state index is 0.0515. The fourth-order valence-corrected chi connectivity index (χ4v) is 3.96. The van der Waals surface area contributed by atoms with Crippen molar-refractivity contribution in [3.8, 4) is 0 Å². The van der Waals surface area contributed by atoms with Crippen LogP contribution in [0.1, 0.15) is 40.7 Å². The van der Waals surface area contributed by atoms with Crippen molar-refractivity contribution in [2.45, 2.75) is 32.6 Å². The second kappa shape index (κ2) is 7.47. The Labute approximate surface area is 159 Å². The van der Waals surface area contributed by atoms with Gasteiger partial charge in [-0.05, 0) is 55.7 Å². The van der Waals surface area contributed by atoms with Crippen LogP contribution in [0.5, 0.6) is 0 Å². The summed E-state index contributed by atoms with van der Waals surface area (Å²) in [6.45, 7) is 3.81. The van der Waals surface area contributed by atoms with Gasteiger partial charge in [0, 0.05) is 26.3 Å². The van der Waals surface area contributed by atoms with Crippen LogP contribution in [0.25, 0.3) is 11.2 Å². The molecule has 1 amide bonds. The third-order valence-electron chi connectivity index (χ3n) is 5.58. The number of likely N-dealkylation sites (tertiary alicyclic amines) is 1. The van der Waals surface area contributed by atoms with Gasteiger partial charge in [0.25, 0.3) is 5.91 Å². The maximum absolute atomic E-state index is 13.0. The zero-order valence-electron chi connectivity index (χ0n) is 15.9. The highest BCUT2D eigenvalue weighted by atomic mass is 16.2. The molecule has 0 spiro atoms. The molecule has 27 heavy (non-hydrogen) atoms. The van der Waals surface area contributed by atoms with E-state index in [2.05, 4.69) is 46.5 Å².